The number of aromatic nitrogens is 1. The van der Waals surface area contributed by atoms with Crippen LogP contribution < -0.4 is 5.32 Å². The summed E-state index contributed by atoms with van der Waals surface area (Å²) in [6, 6.07) is 13.7. The van der Waals surface area contributed by atoms with Crippen LogP contribution in [0.5, 0.6) is 0 Å². The molecule has 0 fully saturated rings. The van der Waals surface area contributed by atoms with Gasteiger partial charge in [0.05, 0.1) is 21.8 Å². The third-order valence-corrected chi connectivity index (χ3v) is 6.79. The average molecular weight is 466 g/mol. The number of thioether (sulfide) groups is 1. The number of benzene rings is 2. The SMILES string of the molecule is CSCCC(C(=O)NCc1ccc(-c2csc(C)n2)cc1)N1C(=O)c2ccccc2C1=O. The predicted molar refractivity (Wildman–Crippen MR) is 128 cm³/mol. The van der Waals surface area contributed by atoms with Gasteiger partial charge in [0.25, 0.3) is 11.8 Å². The Morgan fingerprint density at radius 2 is 1.75 bits per heavy atom. The molecule has 1 N–H and O–H groups in total. The van der Waals surface area contributed by atoms with Gasteiger partial charge in [0, 0.05) is 17.5 Å². The maximum atomic E-state index is 13.1. The number of rotatable bonds is 8. The molecule has 3 amide bonds. The van der Waals surface area contributed by atoms with E-state index in [1.54, 1.807) is 47.4 Å². The number of imide groups is 1. The standard InChI is InChI=1S/C24H23N3O3S2/c1-15-26-20(14-32-15)17-9-7-16(8-10-17)13-25-22(28)21(11-12-31-2)27-23(29)18-5-3-4-6-19(18)24(27)30/h3-10,14,21H,11-13H2,1-2H3,(H,25,28). The number of fused-ring (bicyclic) bond motifs is 1. The van der Waals surface area contributed by atoms with E-state index in [9.17, 15) is 14.4 Å². The molecule has 0 saturated carbocycles. The van der Waals surface area contributed by atoms with Gasteiger partial charge in [0.2, 0.25) is 5.91 Å². The van der Waals surface area contributed by atoms with Crippen molar-refractivity contribution in [1.29, 1.82) is 0 Å². The number of nitrogens with one attached hydrogen (secondary N) is 1. The van der Waals surface area contributed by atoms with Gasteiger partial charge in [-0.2, -0.15) is 11.8 Å². The molecule has 0 bridgehead atoms. The molecule has 0 radical (unpaired) electrons. The van der Waals surface area contributed by atoms with Crippen LogP contribution in [-0.2, 0) is 11.3 Å². The lowest BCUT2D eigenvalue weighted by Gasteiger charge is -2.25. The number of nitrogens with zero attached hydrogens (tertiary/aromatic N) is 2. The van der Waals surface area contributed by atoms with E-state index < -0.39 is 17.9 Å². The van der Waals surface area contributed by atoms with E-state index in [1.807, 2.05) is 42.8 Å². The van der Waals surface area contributed by atoms with Crippen LogP contribution in [0.1, 0.15) is 37.7 Å². The van der Waals surface area contributed by atoms with Gasteiger partial charge in [0.15, 0.2) is 0 Å². The van der Waals surface area contributed by atoms with Crippen LogP contribution in [0.15, 0.2) is 53.9 Å². The van der Waals surface area contributed by atoms with Crippen molar-refractivity contribution in [1.82, 2.24) is 15.2 Å². The minimum atomic E-state index is -0.841. The van der Waals surface area contributed by atoms with Crippen LogP contribution >= 0.6 is 23.1 Å². The van der Waals surface area contributed by atoms with Crippen molar-refractivity contribution in [2.45, 2.75) is 25.9 Å². The van der Waals surface area contributed by atoms with Crippen molar-refractivity contribution in [2.75, 3.05) is 12.0 Å². The quantitative estimate of drug-likeness (QED) is 0.506. The Bertz CT molecular complexity index is 1120. The minimum absolute atomic E-state index is 0.314. The lowest BCUT2D eigenvalue weighted by molar-refractivity contribution is -0.125. The van der Waals surface area contributed by atoms with Crippen molar-refractivity contribution in [3.63, 3.8) is 0 Å². The Balaban J connectivity index is 1.46. The Morgan fingerprint density at radius 3 is 2.31 bits per heavy atom. The van der Waals surface area contributed by atoms with E-state index in [0.717, 1.165) is 26.7 Å². The van der Waals surface area contributed by atoms with Crippen molar-refractivity contribution in [3.05, 3.63) is 75.6 Å². The highest BCUT2D eigenvalue weighted by Gasteiger charge is 2.42. The molecular weight excluding hydrogens is 442 g/mol. The normalized spacial score (nSPS) is 13.9. The minimum Gasteiger partial charge on any atom is -0.350 e. The monoisotopic (exact) mass is 465 g/mol. The molecule has 8 heteroatoms. The van der Waals surface area contributed by atoms with Gasteiger partial charge in [-0.15, -0.1) is 11.3 Å². The summed E-state index contributed by atoms with van der Waals surface area (Å²) in [5, 5.41) is 5.94. The number of carbonyl (C=O) groups excluding carboxylic acids is 3. The summed E-state index contributed by atoms with van der Waals surface area (Å²) in [7, 11) is 0. The molecule has 0 saturated heterocycles. The molecule has 0 aliphatic carbocycles. The first-order chi connectivity index (χ1) is 15.5. The molecule has 1 unspecified atom stereocenters. The second-order valence-corrected chi connectivity index (χ2v) is 9.54. The fraction of sp³-hybridized carbons (Fsp3) is 0.250. The highest BCUT2D eigenvalue weighted by molar-refractivity contribution is 7.98. The summed E-state index contributed by atoms with van der Waals surface area (Å²) in [4.78, 5) is 44.4. The van der Waals surface area contributed by atoms with Crippen LogP contribution in [0.3, 0.4) is 0 Å². The zero-order valence-corrected chi connectivity index (χ0v) is 19.5. The molecule has 1 aliphatic rings. The fourth-order valence-corrected chi connectivity index (χ4v) is 4.78. The second kappa shape index (κ2) is 9.67. The Kier molecular flexibility index (Phi) is 6.72. The Labute approximate surface area is 195 Å². The number of amides is 3. The maximum absolute atomic E-state index is 13.1. The first kappa shape index (κ1) is 22.2. The molecule has 1 atom stereocenters. The molecule has 4 rings (SSSR count). The molecule has 164 valence electrons. The third-order valence-electron chi connectivity index (χ3n) is 5.37. The first-order valence-corrected chi connectivity index (χ1v) is 12.5. The van der Waals surface area contributed by atoms with Crippen LogP contribution in [0.25, 0.3) is 11.3 Å². The molecule has 2 aromatic carbocycles. The van der Waals surface area contributed by atoms with E-state index in [4.69, 9.17) is 0 Å². The van der Waals surface area contributed by atoms with Crippen molar-refractivity contribution in [2.24, 2.45) is 0 Å². The van der Waals surface area contributed by atoms with Gasteiger partial charge >= 0.3 is 0 Å². The number of carbonyl (C=O) groups is 3. The van der Waals surface area contributed by atoms with Crippen LogP contribution in [0.4, 0.5) is 0 Å². The summed E-state index contributed by atoms with van der Waals surface area (Å²) in [6.45, 7) is 2.29. The van der Waals surface area contributed by atoms with E-state index in [2.05, 4.69) is 10.3 Å². The predicted octanol–water partition coefficient (Wildman–Crippen LogP) is 4.15. The highest BCUT2D eigenvalue weighted by atomic mass is 32.2. The lowest BCUT2D eigenvalue weighted by atomic mass is 10.1. The van der Waals surface area contributed by atoms with Crippen molar-refractivity contribution >= 4 is 40.8 Å². The summed E-state index contributed by atoms with van der Waals surface area (Å²) >= 11 is 3.18. The zero-order valence-electron chi connectivity index (χ0n) is 17.8. The molecular formula is C24H23N3O3S2. The molecule has 32 heavy (non-hydrogen) atoms. The van der Waals surface area contributed by atoms with E-state index >= 15 is 0 Å². The van der Waals surface area contributed by atoms with Gasteiger partial charge in [0.1, 0.15) is 6.04 Å². The van der Waals surface area contributed by atoms with E-state index in [1.165, 1.54) is 0 Å². The van der Waals surface area contributed by atoms with Crippen molar-refractivity contribution < 1.29 is 14.4 Å². The summed E-state index contributed by atoms with van der Waals surface area (Å²) in [5.41, 5.74) is 3.60. The number of thiazole rings is 1. The fourth-order valence-electron chi connectivity index (χ4n) is 3.69. The zero-order chi connectivity index (χ0) is 22.7. The lowest BCUT2D eigenvalue weighted by Crippen LogP contribution is -2.49. The molecule has 1 aliphatic heterocycles. The number of hydrogen-bond donors (Lipinski definition) is 1. The highest BCUT2D eigenvalue weighted by Crippen LogP contribution is 2.26. The van der Waals surface area contributed by atoms with E-state index in [-0.39, 0.29) is 5.91 Å². The van der Waals surface area contributed by atoms with E-state index in [0.29, 0.717) is 29.8 Å². The van der Waals surface area contributed by atoms with Gasteiger partial charge in [-0.1, -0.05) is 36.4 Å². The largest absolute Gasteiger partial charge is 0.350 e. The number of aryl methyl sites for hydroxylation is 1. The smallest absolute Gasteiger partial charge is 0.262 e. The van der Waals surface area contributed by atoms with Gasteiger partial charge in [-0.3, -0.25) is 19.3 Å². The summed E-state index contributed by atoms with van der Waals surface area (Å²) in [5.74, 6) is -0.481. The van der Waals surface area contributed by atoms with Crippen molar-refractivity contribution in [3.8, 4) is 11.3 Å². The van der Waals surface area contributed by atoms with Gasteiger partial charge in [-0.25, -0.2) is 4.98 Å². The van der Waals surface area contributed by atoms with Gasteiger partial charge in [-0.05, 0) is 43.0 Å². The van der Waals surface area contributed by atoms with Crippen LogP contribution in [-0.4, -0.2) is 45.7 Å². The summed E-state index contributed by atoms with van der Waals surface area (Å²) < 4.78 is 0. The maximum Gasteiger partial charge on any atom is 0.262 e. The first-order valence-electron chi connectivity index (χ1n) is 10.2. The van der Waals surface area contributed by atoms with Crippen LogP contribution in [0.2, 0.25) is 0 Å². The number of hydrogen-bond acceptors (Lipinski definition) is 6. The van der Waals surface area contributed by atoms with Crippen LogP contribution in [0, 0.1) is 6.92 Å². The Morgan fingerprint density at radius 1 is 1.09 bits per heavy atom. The Hall–Kier alpha value is -2.97. The molecule has 3 aromatic rings. The molecule has 1 aromatic heterocycles. The molecule has 6 nitrogen and oxygen atoms in total. The molecule has 2 heterocycles. The average Bonchev–Trinajstić information content (AvgIpc) is 3.35. The third kappa shape index (κ3) is 4.47. The molecule has 0 spiro atoms. The summed E-state index contributed by atoms with van der Waals surface area (Å²) in [6.07, 6.45) is 2.34. The van der Waals surface area contributed by atoms with Gasteiger partial charge < -0.3 is 5.32 Å². The topological polar surface area (TPSA) is 79.4 Å². The second-order valence-electron chi connectivity index (χ2n) is 7.49.